The number of rotatable bonds is 9. The molecule has 0 bridgehead atoms. The molecule has 1 aliphatic rings. The van der Waals surface area contributed by atoms with Crippen molar-refractivity contribution in [2.45, 2.75) is 37.6 Å². The zero-order valence-corrected chi connectivity index (χ0v) is 17.9. The highest BCUT2D eigenvalue weighted by Crippen LogP contribution is 2.26. The van der Waals surface area contributed by atoms with Gasteiger partial charge in [-0.2, -0.15) is 0 Å². The van der Waals surface area contributed by atoms with Crippen molar-refractivity contribution in [3.63, 3.8) is 0 Å². The molecule has 1 amide bonds. The number of nitrogens with one attached hydrogen (secondary N) is 1. The minimum atomic E-state index is -1.28. The Balaban J connectivity index is 1.99. The molecular weight excluding hydrogens is 383 g/mol. The minimum absolute atomic E-state index is 0.00212. The van der Waals surface area contributed by atoms with Gasteiger partial charge in [0.25, 0.3) is 5.91 Å². The maximum atomic E-state index is 14.5. The van der Waals surface area contributed by atoms with Gasteiger partial charge in [-0.25, -0.2) is 9.18 Å². The van der Waals surface area contributed by atoms with Gasteiger partial charge in [-0.1, -0.05) is 19.6 Å². The summed E-state index contributed by atoms with van der Waals surface area (Å²) in [6, 6.07) is 4.97. The Morgan fingerprint density at radius 1 is 1.39 bits per heavy atom. The number of carboxylic acids is 1. The van der Waals surface area contributed by atoms with E-state index in [1.54, 1.807) is 7.05 Å². The van der Waals surface area contributed by atoms with Crippen molar-refractivity contribution in [2.75, 3.05) is 38.9 Å². The summed E-state index contributed by atoms with van der Waals surface area (Å²) in [5, 5.41) is 12.3. The maximum absolute atomic E-state index is 14.5. The number of hydrogen-bond acceptors (Lipinski definition) is 5. The lowest BCUT2D eigenvalue weighted by Crippen LogP contribution is -2.47. The molecule has 2 N–H and O–H groups in total. The number of hydrogen-bond donors (Lipinski definition) is 2. The molecule has 2 rings (SSSR count). The van der Waals surface area contributed by atoms with Crippen molar-refractivity contribution >= 4 is 25.6 Å². The first-order chi connectivity index (χ1) is 13.0. The fourth-order valence-electron chi connectivity index (χ4n) is 2.77. The van der Waals surface area contributed by atoms with E-state index in [-0.39, 0.29) is 31.0 Å². The molecule has 1 unspecified atom stereocenters. The van der Waals surface area contributed by atoms with Gasteiger partial charge in [0.05, 0.1) is 12.2 Å². The summed E-state index contributed by atoms with van der Waals surface area (Å²) in [5.74, 6) is -2.27. The monoisotopic (exact) mass is 412 g/mol. The van der Waals surface area contributed by atoms with Crippen molar-refractivity contribution in [3.05, 3.63) is 29.6 Å². The Hall–Kier alpha value is -1.97. The Labute approximate surface area is 165 Å². The van der Waals surface area contributed by atoms with Crippen LogP contribution >= 0.6 is 0 Å². The second-order valence-electron chi connectivity index (χ2n) is 8.36. The van der Waals surface area contributed by atoms with Crippen LogP contribution in [0.25, 0.3) is 0 Å². The second-order valence-corrected chi connectivity index (χ2v) is 14.0. The van der Waals surface area contributed by atoms with Gasteiger partial charge in [0.15, 0.2) is 5.54 Å². The van der Waals surface area contributed by atoms with Gasteiger partial charge in [0.1, 0.15) is 12.5 Å². The van der Waals surface area contributed by atoms with E-state index in [4.69, 9.17) is 9.47 Å². The third-order valence-corrected chi connectivity index (χ3v) is 6.35. The Morgan fingerprint density at radius 2 is 2.11 bits per heavy atom. The zero-order valence-electron chi connectivity index (χ0n) is 16.9. The number of benzene rings is 1. The lowest BCUT2D eigenvalue weighted by Gasteiger charge is -2.25. The Kier molecular flexibility index (Phi) is 7.19. The van der Waals surface area contributed by atoms with E-state index in [2.05, 4.69) is 25.0 Å². The van der Waals surface area contributed by atoms with E-state index in [0.717, 1.165) is 12.1 Å². The van der Waals surface area contributed by atoms with Crippen LogP contribution in [0.1, 0.15) is 16.8 Å². The van der Waals surface area contributed by atoms with Crippen LogP contribution in [-0.4, -0.2) is 69.1 Å². The number of aliphatic carboxylic acids is 1. The summed E-state index contributed by atoms with van der Waals surface area (Å²) in [5.41, 5.74) is -1.08. The first-order valence-electron chi connectivity index (χ1n) is 9.26. The van der Waals surface area contributed by atoms with E-state index in [9.17, 15) is 19.1 Å². The molecule has 9 heteroatoms. The predicted octanol–water partition coefficient (Wildman–Crippen LogP) is 2.87. The molecule has 1 heterocycles. The van der Waals surface area contributed by atoms with E-state index >= 15 is 0 Å². The average molecular weight is 413 g/mol. The third kappa shape index (κ3) is 5.76. The molecule has 1 aromatic carbocycles. The fraction of sp³-hybridized carbons (Fsp3) is 0.579. The van der Waals surface area contributed by atoms with Crippen LogP contribution in [0.3, 0.4) is 0 Å². The summed E-state index contributed by atoms with van der Waals surface area (Å²) in [4.78, 5) is 25.3. The van der Waals surface area contributed by atoms with Gasteiger partial charge < -0.3 is 24.8 Å². The van der Waals surface area contributed by atoms with Crippen LogP contribution in [0, 0.1) is 5.82 Å². The molecule has 1 atom stereocenters. The minimum Gasteiger partial charge on any atom is -0.479 e. The number of carboxylic acid groups (broad SMARTS) is 1. The van der Waals surface area contributed by atoms with Crippen LogP contribution in [-0.2, 0) is 14.3 Å². The van der Waals surface area contributed by atoms with Gasteiger partial charge in [0, 0.05) is 40.4 Å². The number of amides is 1. The van der Waals surface area contributed by atoms with Crippen LogP contribution in [0.2, 0.25) is 25.7 Å². The molecule has 0 aromatic heterocycles. The van der Waals surface area contributed by atoms with Crippen LogP contribution < -0.4 is 5.32 Å². The first-order valence-corrected chi connectivity index (χ1v) is 13.0. The number of ether oxygens (including phenoxy) is 2. The molecule has 7 nitrogen and oxygen atoms in total. The standard InChI is InChI=1S/C19H29FN2O5Si/c1-22(13-27-9-10-28(2,3)4)17(23)15-6-5-14(11-16(15)20)21-19(18(24)25)7-8-26-12-19/h5-6,11,21H,7-10,12-13H2,1-4H3,(H,24,25). The molecule has 0 spiro atoms. The zero-order chi connectivity index (χ0) is 20.9. The molecule has 0 radical (unpaired) electrons. The molecular formula is C19H29FN2O5Si. The molecule has 0 saturated carbocycles. The third-order valence-electron chi connectivity index (χ3n) is 4.64. The number of nitrogens with zero attached hydrogens (tertiary/aromatic N) is 1. The van der Waals surface area contributed by atoms with Crippen molar-refractivity contribution in [2.24, 2.45) is 0 Å². The number of anilines is 1. The Morgan fingerprint density at radius 3 is 2.64 bits per heavy atom. The summed E-state index contributed by atoms with van der Waals surface area (Å²) in [6.45, 7) is 7.69. The van der Waals surface area contributed by atoms with Crippen molar-refractivity contribution in [3.8, 4) is 0 Å². The van der Waals surface area contributed by atoms with Gasteiger partial charge in [-0.05, 0) is 24.2 Å². The van der Waals surface area contributed by atoms with E-state index in [1.807, 2.05) is 0 Å². The number of halogens is 1. The molecule has 1 aliphatic heterocycles. The smallest absolute Gasteiger partial charge is 0.331 e. The molecule has 1 saturated heterocycles. The maximum Gasteiger partial charge on any atom is 0.331 e. The molecule has 1 aromatic rings. The van der Waals surface area contributed by atoms with E-state index in [0.29, 0.717) is 13.2 Å². The first kappa shape index (κ1) is 22.3. The highest BCUT2D eigenvalue weighted by atomic mass is 28.3. The average Bonchev–Trinajstić information content (AvgIpc) is 3.07. The summed E-state index contributed by atoms with van der Waals surface area (Å²) >= 11 is 0. The largest absolute Gasteiger partial charge is 0.479 e. The molecule has 156 valence electrons. The number of carbonyl (C=O) groups excluding carboxylic acids is 1. The van der Waals surface area contributed by atoms with Gasteiger partial charge in [-0.15, -0.1) is 0 Å². The van der Waals surface area contributed by atoms with Crippen LogP contribution in [0.15, 0.2) is 18.2 Å². The topological polar surface area (TPSA) is 88.1 Å². The predicted molar refractivity (Wildman–Crippen MR) is 107 cm³/mol. The van der Waals surface area contributed by atoms with Crippen LogP contribution in [0.4, 0.5) is 10.1 Å². The van der Waals surface area contributed by atoms with Crippen molar-refractivity contribution < 1.29 is 28.6 Å². The highest BCUT2D eigenvalue weighted by molar-refractivity contribution is 6.76. The number of carbonyl (C=O) groups is 2. The quantitative estimate of drug-likeness (QED) is 0.368. The van der Waals surface area contributed by atoms with Crippen molar-refractivity contribution in [1.82, 2.24) is 4.90 Å². The second kappa shape index (κ2) is 9.02. The van der Waals surface area contributed by atoms with Crippen molar-refractivity contribution in [1.29, 1.82) is 0 Å². The molecule has 0 aliphatic carbocycles. The summed E-state index contributed by atoms with van der Waals surface area (Å²) in [7, 11) is 0.342. The highest BCUT2D eigenvalue weighted by Gasteiger charge is 2.42. The summed E-state index contributed by atoms with van der Waals surface area (Å²) < 4.78 is 25.2. The van der Waals surface area contributed by atoms with Gasteiger partial charge in [-0.3, -0.25) is 4.79 Å². The molecule has 28 heavy (non-hydrogen) atoms. The SMILES string of the molecule is CN(COCC[Si](C)(C)C)C(=O)c1ccc(NC2(C(=O)O)CCOC2)cc1F. The lowest BCUT2D eigenvalue weighted by molar-refractivity contribution is -0.142. The lowest BCUT2D eigenvalue weighted by atomic mass is 9.98. The summed E-state index contributed by atoms with van der Waals surface area (Å²) in [6.07, 6.45) is 0.280. The van der Waals surface area contributed by atoms with Gasteiger partial charge in [0.2, 0.25) is 0 Å². The van der Waals surface area contributed by atoms with Crippen LogP contribution in [0.5, 0.6) is 0 Å². The van der Waals surface area contributed by atoms with E-state index < -0.39 is 31.3 Å². The Bertz CT molecular complexity index is 717. The molecule has 1 fully saturated rings. The van der Waals surface area contributed by atoms with E-state index in [1.165, 1.54) is 17.0 Å². The fourth-order valence-corrected chi connectivity index (χ4v) is 3.53. The normalized spacial score (nSPS) is 19.5. The van der Waals surface area contributed by atoms with Gasteiger partial charge >= 0.3 is 5.97 Å².